The molecule has 5 nitrogen and oxygen atoms in total. The van der Waals surface area contributed by atoms with Crippen LogP contribution in [0, 0.1) is 0 Å². The molecule has 0 bridgehead atoms. The molecule has 20 heavy (non-hydrogen) atoms. The minimum atomic E-state index is -2.94. The predicted octanol–water partition coefficient (Wildman–Crippen LogP) is 1.55. The van der Waals surface area contributed by atoms with Crippen molar-refractivity contribution in [1.29, 1.82) is 0 Å². The number of halogens is 1. The summed E-state index contributed by atoms with van der Waals surface area (Å²) in [5.74, 6) is 0.207. The van der Waals surface area contributed by atoms with Crippen molar-refractivity contribution in [2.75, 3.05) is 23.4 Å². The molecule has 1 amide bonds. The lowest BCUT2D eigenvalue weighted by Crippen LogP contribution is -2.43. The van der Waals surface area contributed by atoms with E-state index in [1.807, 2.05) is 18.2 Å². The first-order chi connectivity index (χ1) is 9.44. The molecule has 1 fully saturated rings. The Morgan fingerprint density at radius 3 is 2.90 bits per heavy atom. The summed E-state index contributed by atoms with van der Waals surface area (Å²) in [6.45, 7) is 0.118. The van der Waals surface area contributed by atoms with E-state index in [1.165, 1.54) is 0 Å². The standard InChI is InChI=1S/C13H17BrN2O3S/c14-10-3-1-4-11(7-10)16-13(17)8-15-12-5-2-6-20(18,19)9-12/h1,3-4,7,12,15H,2,5-6,8-9H2,(H,16,17). The molecule has 1 saturated heterocycles. The van der Waals surface area contributed by atoms with Crippen molar-refractivity contribution < 1.29 is 13.2 Å². The van der Waals surface area contributed by atoms with Crippen LogP contribution >= 0.6 is 15.9 Å². The number of carbonyl (C=O) groups is 1. The summed E-state index contributed by atoms with van der Waals surface area (Å²) in [5, 5.41) is 5.77. The van der Waals surface area contributed by atoms with E-state index >= 15 is 0 Å². The fourth-order valence-electron chi connectivity index (χ4n) is 2.19. The van der Waals surface area contributed by atoms with E-state index in [0.29, 0.717) is 12.1 Å². The van der Waals surface area contributed by atoms with Gasteiger partial charge in [-0.1, -0.05) is 22.0 Å². The number of benzene rings is 1. The summed E-state index contributed by atoms with van der Waals surface area (Å²) in [7, 11) is -2.94. The maximum Gasteiger partial charge on any atom is 0.238 e. The average molecular weight is 361 g/mol. The largest absolute Gasteiger partial charge is 0.325 e. The molecule has 110 valence electrons. The van der Waals surface area contributed by atoms with Gasteiger partial charge in [0.2, 0.25) is 5.91 Å². The van der Waals surface area contributed by atoms with Crippen molar-refractivity contribution in [2.45, 2.75) is 18.9 Å². The lowest BCUT2D eigenvalue weighted by atomic mass is 10.2. The number of carbonyl (C=O) groups excluding carboxylic acids is 1. The van der Waals surface area contributed by atoms with Gasteiger partial charge >= 0.3 is 0 Å². The Morgan fingerprint density at radius 2 is 2.20 bits per heavy atom. The Bertz CT molecular complexity index is 589. The van der Waals surface area contributed by atoms with Crippen LogP contribution in [0.2, 0.25) is 0 Å². The van der Waals surface area contributed by atoms with E-state index in [4.69, 9.17) is 0 Å². The van der Waals surface area contributed by atoms with E-state index in [-0.39, 0.29) is 30.0 Å². The summed E-state index contributed by atoms with van der Waals surface area (Å²) in [6.07, 6.45) is 1.46. The van der Waals surface area contributed by atoms with Crippen molar-refractivity contribution in [3.05, 3.63) is 28.7 Å². The second kappa shape index (κ2) is 6.69. The normalized spacial score (nSPS) is 21.4. The van der Waals surface area contributed by atoms with Crippen LogP contribution in [0.1, 0.15) is 12.8 Å². The molecule has 1 unspecified atom stereocenters. The molecule has 0 saturated carbocycles. The number of sulfone groups is 1. The van der Waals surface area contributed by atoms with Gasteiger partial charge in [-0.2, -0.15) is 0 Å². The molecule has 1 aromatic carbocycles. The average Bonchev–Trinajstić information content (AvgIpc) is 2.35. The Labute approximate surface area is 127 Å². The molecule has 0 aromatic heterocycles. The van der Waals surface area contributed by atoms with Crippen molar-refractivity contribution in [3.63, 3.8) is 0 Å². The first-order valence-electron chi connectivity index (χ1n) is 6.44. The van der Waals surface area contributed by atoms with Gasteiger partial charge < -0.3 is 10.6 Å². The monoisotopic (exact) mass is 360 g/mol. The maximum atomic E-state index is 11.8. The van der Waals surface area contributed by atoms with Crippen molar-refractivity contribution in [1.82, 2.24) is 5.32 Å². The second-order valence-electron chi connectivity index (χ2n) is 4.89. The molecule has 2 rings (SSSR count). The molecule has 0 aliphatic carbocycles. The third-order valence-corrected chi connectivity index (χ3v) is 5.44. The number of nitrogens with one attached hydrogen (secondary N) is 2. The molecule has 1 aromatic rings. The third kappa shape index (κ3) is 4.88. The smallest absolute Gasteiger partial charge is 0.238 e. The molecular weight excluding hydrogens is 344 g/mol. The van der Waals surface area contributed by atoms with Crippen LogP contribution in [-0.4, -0.2) is 38.4 Å². The molecule has 1 atom stereocenters. The maximum absolute atomic E-state index is 11.8. The van der Waals surface area contributed by atoms with E-state index in [9.17, 15) is 13.2 Å². The lowest BCUT2D eigenvalue weighted by molar-refractivity contribution is -0.115. The zero-order valence-electron chi connectivity index (χ0n) is 10.9. The Hall–Kier alpha value is -0.920. The van der Waals surface area contributed by atoms with Gasteiger partial charge in [0.1, 0.15) is 0 Å². The highest BCUT2D eigenvalue weighted by molar-refractivity contribution is 9.10. The fourth-order valence-corrected chi connectivity index (χ4v) is 4.26. The van der Waals surface area contributed by atoms with Gasteiger partial charge in [0, 0.05) is 16.2 Å². The molecule has 1 heterocycles. The first-order valence-corrected chi connectivity index (χ1v) is 9.05. The van der Waals surface area contributed by atoms with E-state index in [0.717, 1.165) is 10.9 Å². The van der Waals surface area contributed by atoms with Gasteiger partial charge in [0.05, 0.1) is 18.1 Å². The van der Waals surface area contributed by atoms with Gasteiger partial charge in [0.25, 0.3) is 0 Å². The number of amides is 1. The van der Waals surface area contributed by atoms with Gasteiger partial charge in [-0.15, -0.1) is 0 Å². The van der Waals surface area contributed by atoms with Gasteiger partial charge in [-0.3, -0.25) is 4.79 Å². The highest BCUT2D eigenvalue weighted by Crippen LogP contribution is 2.15. The quantitative estimate of drug-likeness (QED) is 0.854. The second-order valence-corrected chi connectivity index (χ2v) is 8.04. The van der Waals surface area contributed by atoms with Crippen LogP contribution in [0.25, 0.3) is 0 Å². The summed E-state index contributed by atoms with van der Waals surface area (Å²) in [5.41, 5.74) is 0.711. The van der Waals surface area contributed by atoms with Crippen molar-refractivity contribution >= 4 is 37.4 Å². The molecular formula is C13H17BrN2O3S. The summed E-state index contributed by atoms with van der Waals surface area (Å²) in [6, 6.07) is 7.19. The minimum Gasteiger partial charge on any atom is -0.325 e. The zero-order chi connectivity index (χ0) is 14.6. The third-order valence-electron chi connectivity index (χ3n) is 3.12. The summed E-state index contributed by atoms with van der Waals surface area (Å²) >= 11 is 3.33. The van der Waals surface area contributed by atoms with Crippen LogP contribution in [0.3, 0.4) is 0 Å². The van der Waals surface area contributed by atoms with Gasteiger partial charge in [-0.05, 0) is 31.0 Å². The Kier molecular flexibility index (Phi) is 5.17. The van der Waals surface area contributed by atoms with Crippen LogP contribution in [0.4, 0.5) is 5.69 Å². The number of hydrogen-bond acceptors (Lipinski definition) is 4. The first kappa shape index (κ1) is 15.5. The minimum absolute atomic E-state index is 0.118. The summed E-state index contributed by atoms with van der Waals surface area (Å²) in [4.78, 5) is 11.8. The van der Waals surface area contributed by atoms with E-state index < -0.39 is 9.84 Å². The van der Waals surface area contributed by atoms with Gasteiger partial charge in [0.15, 0.2) is 9.84 Å². The van der Waals surface area contributed by atoms with E-state index in [1.54, 1.807) is 6.07 Å². The molecule has 2 N–H and O–H groups in total. The lowest BCUT2D eigenvalue weighted by Gasteiger charge is -2.22. The zero-order valence-corrected chi connectivity index (χ0v) is 13.3. The van der Waals surface area contributed by atoms with Crippen molar-refractivity contribution in [2.24, 2.45) is 0 Å². The molecule has 0 spiro atoms. The van der Waals surface area contributed by atoms with Crippen LogP contribution in [0.15, 0.2) is 28.7 Å². The van der Waals surface area contributed by atoms with Crippen LogP contribution in [-0.2, 0) is 14.6 Å². The molecule has 1 aliphatic heterocycles. The number of anilines is 1. The number of rotatable bonds is 4. The molecule has 0 radical (unpaired) electrons. The topological polar surface area (TPSA) is 75.3 Å². The number of hydrogen-bond donors (Lipinski definition) is 2. The Morgan fingerprint density at radius 1 is 1.40 bits per heavy atom. The highest BCUT2D eigenvalue weighted by Gasteiger charge is 2.24. The molecule has 1 aliphatic rings. The SMILES string of the molecule is O=C(CNC1CCCS(=O)(=O)C1)Nc1cccc(Br)c1. The summed E-state index contributed by atoms with van der Waals surface area (Å²) < 4.78 is 23.9. The van der Waals surface area contributed by atoms with E-state index in [2.05, 4.69) is 26.6 Å². The molecule has 7 heteroatoms. The predicted molar refractivity (Wildman–Crippen MR) is 82.5 cm³/mol. The van der Waals surface area contributed by atoms with Crippen LogP contribution < -0.4 is 10.6 Å². The Balaban J connectivity index is 1.80. The fraction of sp³-hybridized carbons (Fsp3) is 0.462. The van der Waals surface area contributed by atoms with Gasteiger partial charge in [-0.25, -0.2) is 8.42 Å². The highest BCUT2D eigenvalue weighted by atomic mass is 79.9. The van der Waals surface area contributed by atoms with Crippen LogP contribution in [0.5, 0.6) is 0 Å². The van der Waals surface area contributed by atoms with Crippen molar-refractivity contribution in [3.8, 4) is 0 Å².